The van der Waals surface area contributed by atoms with E-state index < -0.39 is 15.7 Å². The fourth-order valence-electron chi connectivity index (χ4n) is 3.37. The molecule has 4 rings (SSSR count). The normalized spacial score (nSPS) is 11.5. The van der Waals surface area contributed by atoms with Crippen LogP contribution < -0.4 is 4.90 Å². The molecule has 9 heteroatoms. The quantitative estimate of drug-likeness (QED) is 0.363. The van der Waals surface area contributed by atoms with E-state index in [1.54, 1.807) is 54.7 Å². The van der Waals surface area contributed by atoms with Crippen LogP contribution in [0.4, 0.5) is 5.69 Å². The highest BCUT2D eigenvalue weighted by molar-refractivity contribution is 7.90. The number of amides is 1. The molecule has 0 saturated heterocycles. The molecule has 0 fully saturated rings. The molecule has 2 aromatic heterocycles. The van der Waals surface area contributed by atoms with Crippen molar-refractivity contribution in [2.45, 2.75) is 11.4 Å². The topological polar surface area (TPSA) is 80.2 Å². The summed E-state index contributed by atoms with van der Waals surface area (Å²) in [7, 11) is -3.61. The molecule has 32 heavy (non-hydrogen) atoms. The summed E-state index contributed by atoms with van der Waals surface area (Å²) in [4.78, 5) is 23.2. The summed E-state index contributed by atoms with van der Waals surface area (Å²) < 4.78 is 24.9. The van der Waals surface area contributed by atoms with E-state index in [1.165, 1.54) is 17.2 Å². The number of rotatable bonds is 5. The van der Waals surface area contributed by atoms with Gasteiger partial charge >= 0.3 is 0 Å². The number of aromatic nitrogens is 2. The zero-order valence-corrected chi connectivity index (χ0v) is 19.2. The van der Waals surface area contributed by atoms with Gasteiger partial charge in [0, 0.05) is 24.0 Å². The first-order valence-electron chi connectivity index (χ1n) is 9.50. The van der Waals surface area contributed by atoms with Crippen LogP contribution in [0.15, 0.2) is 78.0 Å². The highest BCUT2D eigenvalue weighted by Gasteiger charge is 2.25. The number of carbonyl (C=O) groups excluding carboxylic acids is 1. The maximum absolute atomic E-state index is 13.5. The van der Waals surface area contributed by atoms with Crippen molar-refractivity contribution in [2.24, 2.45) is 0 Å². The molecule has 0 bridgehead atoms. The molecule has 0 aliphatic carbocycles. The lowest BCUT2D eigenvalue weighted by Crippen LogP contribution is -2.32. The van der Waals surface area contributed by atoms with Crippen molar-refractivity contribution in [3.63, 3.8) is 0 Å². The minimum Gasteiger partial charge on any atom is -0.303 e. The lowest BCUT2D eigenvalue weighted by atomic mass is 10.1. The van der Waals surface area contributed by atoms with E-state index >= 15 is 0 Å². The Hall–Kier alpha value is -3.00. The highest BCUT2D eigenvalue weighted by Crippen LogP contribution is 2.32. The summed E-state index contributed by atoms with van der Waals surface area (Å²) in [5.74, 6) is -0.413. The molecule has 0 aliphatic heterocycles. The monoisotopic (exact) mass is 485 g/mol. The van der Waals surface area contributed by atoms with Crippen LogP contribution in [0.3, 0.4) is 0 Å². The van der Waals surface area contributed by atoms with E-state index in [9.17, 15) is 13.2 Å². The summed E-state index contributed by atoms with van der Waals surface area (Å²) in [6, 6.07) is 16.7. The van der Waals surface area contributed by atoms with Crippen molar-refractivity contribution in [1.82, 2.24) is 9.97 Å². The fourth-order valence-corrected chi connectivity index (χ4v) is 4.68. The minimum absolute atomic E-state index is 0.0171. The Kier molecular flexibility index (Phi) is 6.15. The second-order valence-electron chi connectivity index (χ2n) is 7.12. The average Bonchev–Trinajstić information content (AvgIpc) is 2.79. The van der Waals surface area contributed by atoms with Crippen LogP contribution >= 0.6 is 23.2 Å². The van der Waals surface area contributed by atoms with E-state index in [2.05, 4.69) is 9.97 Å². The van der Waals surface area contributed by atoms with Crippen molar-refractivity contribution < 1.29 is 13.2 Å². The number of benzene rings is 2. The second kappa shape index (κ2) is 8.86. The van der Waals surface area contributed by atoms with Gasteiger partial charge in [-0.05, 0) is 42.0 Å². The van der Waals surface area contributed by atoms with Gasteiger partial charge in [0.15, 0.2) is 9.84 Å². The van der Waals surface area contributed by atoms with Gasteiger partial charge in [-0.2, -0.15) is 0 Å². The van der Waals surface area contributed by atoms with E-state index in [0.29, 0.717) is 26.8 Å². The number of sulfone groups is 1. The van der Waals surface area contributed by atoms with Gasteiger partial charge < -0.3 is 4.90 Å². The third-order valence-corrected chi connectivity index (χ3v) is 6.66. The van der Waals surface area contributed by atoms with Crippen LogP contribution in [0.2, 0.25) is 10.2 Å². The first kappa shape index (κ1) is 22.2. The van der Waals surface area contributed by atoms with E-state index in [-0.39, 0.29) is 17.1 Å². The fraction of sp³-hybridized carbons (Fsp3) is 0.0870. The SMILES string of the molecule is CS(=O)(=O)c1ccccc1N(Cc1ccc2ccc(Cl)nc2c1Cl)C(=O)c1cccnc1. The minimum atomic E-state index is -3.61. The molecule has 0 saturated carbocycles. The lowest BCUT2D eigenvalue weighted by Gasteiger charge is -2.25. The van der Waals surface area contributed by atoms with Gasteiger partial charge in [0.2, 0.25) is 0 Å². The molecular formula is C23H17Cl2N3O3S. The van der Waals surface area contributed by atoms with Gasteiger partial charge in [0.1, 0.15) is 5.15 Å². The number of hydrogen-bond acceptors (Lipinski definition) is 5. The van der Waals surface area contributed by atoms with Crippen LogP contribution in [-0.2, 0) is 16.4 Å². The Morgan fingerprint density at radius 1 is 1.00 bits per heavy atom. The van der Waals surface area contributed by atoms with Crippen molar-refractivity contribution in [1.29, 1.82) is 0 Å². The molecule has 162 valence electrons. The van der Waals surface area contributed by atoms with Gasteiger partial charge in [-0.3, -0.25) is 9.78 Å². The van der Waals surface area contributed by atoms with E-state index in [0.717, 1.165) is 11.6 Å². The third-order valence-electron chi connectivity index (χ3n) is 4.88. The second-order valence-corrected chi connectivity index (χ2v) is 9.87. The molecule has 0 unspecified atom stereocenters. The largest absolute Gasteiger partial charge is 0.303 e. The molecule has 0 spiro atoms. The smallest absolute Gasteiger partial charge is 0.260 e. The standard InChI is InChI=1S/C23H17Cl2N3O3S/c1-32(30,31)19-7-3-2-6-18(19)28(23(29)16-5-4-12-26-13-16)14-17-9-8-15-10-11-20(24)27-22(15)21(17)25/h2-13H,14H2,1H3. The Bertz CT molecular complexity index is 1430. The predicted molar refractivity (Wildman–Crippen MR) is 126 cm³/mol. The number of para-hydroxylation sites is 1. The number of fused-ring (bicyclic) bond motifs is 1. The Morgan fingerprint density at radius 2 is 1.75 bits per heavy atom. The third kappa shape index (κ3) is 4.46. The average molecular weight is 486 g/mol. The van der Waals surface area contributed by atoms with Crippen LogP contribution in [0.1, 0.15) is 15.9 Å². The molecule has 4 aromatic rings. The molecule has 1 amide bonds. The van der Waals surface area contributed by atoms with Crippen LogP contribution in [-0.4, -0.2) is 30.5 Å². The molecule has 0 aliphatic rings. The first-order valence-corrected chi connectivity index (χ1v) is 12.1. The Morgan fingerprint density at radius 3 is 2.47 bits per heavy atom. The van der Waals surface area contributed by atoms with Gasteiger partial charge in [0.05, 0.1) is 33.2 Å². The predicted octanol–water partition coefficient (Wildman–Crippen LogP) is 5.19. The van der Waals surface area contributed by atoms with Crippen LogP contribution in [0, 0.1) is 0 Å². The molecule has 2 aromatic carbocycles. The van der Waals surface area contributed by atoms with Crippen molar-refractivity contribution in [2.75, 3.05) is 11.2 Å². The molecule has 0 radical (unpaired) electrons. The summed E-state index contributed by atoms with van der Waals surface area (Å²) in [6.07, 6.45) is 4.09. The maximum Gasteiger partial charge on any atom is 0.260 e. The van der Waals surface area contributed by atoms with Crippen molar-refractivity contribution in [3.05, 3.63) is 94.4 Å². The first-order chi connectivity index (χ1) is 15.3. The zero-order valence-electron chi connectivity index (χ0n) is 16.9. The van der Waals surface area contributed by atoms with Gasteiger partial charge in [-0.15, -0.1) is 0 Å². The number of pyridine rings is 2. The summed E-state index contributed by atoms with van der Waals surface area (Å²) >= 11 is 12.7. The van der Waals surface area contributed by atoms with Crippen LogP contribution in [0.25, 0.3) is 10.9 Å². The molecule has 6 nitrogen and oxygen atoms in total. The number of carbonyl (C=O) groups is 1. The Balaban J connectivity index is 1.88. The molecule has 2 heterocycles. The van der Waals surface area contributed by atoms with Crippen molar-refractivity contribution in [3.8, 4) is 0 Å². The number of halogens is 2. The lowest BCUT2D eigenvalue weighted by molar-refractivity contribution is 0.0984. The highest BCUT2D eigenvalue weighted by atomic mass is 35.5. The molecule has 0 atom stereocenters. The maximum atomic E-state index is 13.5. The van der Waals surface area contributed by atoms with E-state index in [4.69, 9.17) is 23.2 Å². The van der Waals surface area contributed by atoms with Gasteiger partial charge in [-0.25, -0.2) is 13.4 Å². The van der Waals surface area contributed by atoms with Crippen molar-refractivity contribution >= 4 is 55.5 Å². The molecule has 0 N–H and O–H groups in total. The number of hydrogen-bond donors (Lipinski definition) is 0. The zero-order chi connectivity index (χ0) is 22.9. The van der Waals surface area contributed by atoms with Crippen LogP contribution in [0.5, 0.6) is 0 Å². The number of nitrogens with zero attached hydrogens (tertiary/aromatic N) is 3. The number of anilines is 1. The summed E-state index contributed by atoms with van der Waals surface area (Å²) in [5.41, 5.74) is 1.66. The van der Waals surface area contributed by atoms with Gasteiger partial charge in [-0.1, -0.05) is 47.5 Å². The van der Waals surface area contributed by atoms with Gasteiger partial charge in [0.25, 0.3) is 5.91 Å². The summed E-state index contributed by atoms with van der Waals surface area (Å²) in [5, 5.41) is 1.43. The molecular weight excluding hydrogens is 469 g/mol. The van der Waals surface area contributed by atoms with E-state index in [1.807, 2.05) is 6.07 Å². The Labute approximate surface area is 195 Å². The summed E-state index contributed by atoms with van der Waals surface area (Å²) in [6.45, 7) is 0.0171.